The quantitative estimate of drug-likeness (QED) is 0.922. The monoisotopic (exact) mass is 315 g/mol. The van der Waals surface area contributed by atoms with Crippen molar-refractivity contribution in [2.24, 2.45) is 0 Å². The van der Waals surface area contributed by atoms with Crippen LogP contribution in [0.4, 0.5) is 0 Å². The van der Waals surface area contributed by atoms with Crippen molar-refractivity contribution in [2.75, 3.05) is 19.7 Å². The van der Waals surface area contributed by atoms with Gasteiger partial charge in [-0.15, -0.1) is 0 Å². The molecule has 3 rings (SSSR count). The molecular weight excluding hydrogens is 294 g/mol. The largest absolute Gasteiger partial charge is 0.368 e. The van der Waals surface area contributed by atoms with Gasteiger partial charge >= 0.3 is 0 Å². The van der Waals surface area contributed by atoms with E-state index >= 15 is 0 Å². The van der Waals surface area contributed by atoms with Gasteiger partial charge < -0.3 is 9.64 Å². The number of nitrogens with one attached hydrogen (secondary N) is 1. The zero-order chi connectivity index (χ0) is 16.4. The van der Waals surface area contributed by atoms with E-state index in [1.807, 2.05) is 31.7 Å². The maximum Gasteiger partial charge on any atom is 0.227 e. The summed E-state index contributed by atoms with van der Waals surface area (Å²) < 4.78 is 5.78. The summed E-state index contributed by atoms with van der Waals surface area (Å²) in [4.78, 5) is 23.0. The second-order valence-electron chi connectivity index (χ2n) is 5.82. The van der Waals surface area contributed by atoms with Gasteiger partial charge in [-0.25, -0.2) is 9.97 Å². The Labute approximate surface area is 135 Å². The smallest absolute Gasteiger partial charge is 0.227 e. The lowest BCUT2D eigenvalue weighted by Gasteiger charge is -2.32. The fraction of sp³-hybridized carbons (Fsp3) is 0.500. The van der Waals surface area contributed by atoms with Gasteiger partial charge in [0.1, 0.15) is 11.9 Å². The summed E-state index contributed by atoms with van der Waals surface area (Å²) in [5.74, 6) is 0.802. The summed E-state index contributed by atoms with van der Waals surface area (Å²) in [5.41, 5.74) is 3.64. The average Bonchev–Trinajstić information content (AvgIpc) is 2.87. The molecule has 1 atom stereocenters. The molecule has 0 spiro atoms. The number of carbonyl (C=O) groups is 1. The third kappa shape index (κ3) is 3.39. The third-order valence-corrected chi connectivity index (χ3v) is 4.16. The number of rotatable bonds is 3. The van der Waals surface area contributed by atoms with Crippen LogP contribution in [0.15, 0.2) is 12.3 Å². The van der Waals surface area contributed by atoms with Gasteiger partial charge in [0.25, 0.3) is 0 Å². The number of amides is 1. The summed E-state index contributed by atoms with van der Waals surface area (Å²) in [5, 5.41) is 7.07. The van der Waals surface area contributed by atoms with E-state index in [9.17, 15) is 4.79 Å². The fourth-order valence-electron chi connectivity index (χ4n) is 2.81. The molecule has 7 nitrogen and oxygen atoms in total. The molecule has 0 bridgehead atoms. The number of morpholine rings is 1. The van der Waals surface area contributed by atoms with Crippen molar-refractivity contribution < 1.29 is 9.53 Å². The number of hydrogen-bond donors (Lipinski definition) is 1. The van der Waals surface area contributed by atoms with Gasteiger partial charge in [-0.2, -0.15) is 5.10 Å². The fourth-order valence-corrected chi connectivity index (χ4v) is 2.81. The van der Waals surface area contributed by atoms with Crippen molar-refractivity contribution in [3.8, 4) is 0 Å². The number of ether oxygens (including phenoxy) is 1. The summed E-state index contributed by atoms with van der Waals surface area (Å²) in [6, 6.07) is 1.84. The van der Waals surface area contributed by atoms with E-state index in [2.05, 4.69) is 20.2 Å². The molecule has 7 heteroatoms. The molecule has 1 fully saturated rings. The molecule has 3 heterocycles. The van der Waals surface area contributed by atoms with E-state index in [0.717, 1.165) is 22.6 Å². The maximum atomic E-state index is 12.6. The molecule has 0 unspecified atom stereocenters. The van der Waals surface area contributed by atoms with Crippen molar-refractivity contribution in [1.29, 1.82) is 0 Å². The Kier molecular flexibility index (Phi) is 4.38. The van der Waals surface area contributed by atoms with Crippen LogP contribution in [0.25, 0.3) is 0 Å². The molecule has 1 amide bonds. The van der Waals surface area contributed by atoms with Crippen LogP contribution in [0, 0.1) is 20.8 Å². The van der Waals surface area contributed by atoms with Crippen molar-refractivity contribution in [1.82, 2.24) is 25.1 Å². The zero-order valence-corrected chi connectivity index (χ0v) is 13.7. The van der Waals surface area contributed by atoms with E-state index in [1.165, 1.54) is 0 Å². The molecule has 122 valence electrons. The van der Waals surface area contributed by atoms with Gasteiger partial charge in [0.2, 0.25) is 5.91 Å². The lowest BCUT2D eigenvalue weighted by molar-refractivity contribution is -0.138. The van der Waals surface area contributed by atoms with Crippen LogP contribution in [0.2, 0.25) is 0 Å². The first-order valence-corrected chi connectivity index (χ1v) is 7.74. The van der Waals surface area contributed by atoms with E-state index < -0.39 is 0 Å². The SMILES string of the molecule is Cc1nccc([C@@H]2CN(C(=O)Cc3c(C)n[nH]c3C)CCO2)n1. The van der Waals surface area contributed by atoms with Crippen LogP contribution in [-0.2, 0) is 16.0 Å². The van der Waals surface area contributed by atoms with Gasteiger partial charge in [0.05, 0.1) is 31.0 Å². The number of aryl methyl sites for hydroxylation is 3. The molecule has 23 heavy (non-hydrogen) atoms. The van der Waals surface area contributed by atoms with Gasteiger partial charge in [0, 0.05) is 24.0 Å². The summed E-state index contributed by atoms with van der Waals surface area (Å²) >= 11 is 0. The molecule has 0 saturated carbocycles. The molecular formula is C16H21N5O2. The zero-order valence-electron chi connectivity index (χ0n) is 13.7. The summed E-state index contributed by atoms with van der Waals surface area (Å²) in [7, 11) is 0. The van der Waals surface area contributed by atoms with Crippen LogP contribution >= 0.6 is 0 Å². The first-order valence-electron chi connectivity index (χ1n) is 7.74. The van der Waals surface area contributed by atoms with Crippen LogP contribution in [-0.4, -0.2) is 50.7 Å². The van der Waals surface area contributed by atoms with E-state index in [-0.39, 0.29) is 12.0 Å². The number of carbonyl (C=O) groups excluding carboxylic acids is 1. The molecule has 2 aromatic heterocycles. The van der Waals surface area contributed by atoms with Gasteiger partial charge in [0.15, 0.2) is 0 Å². The topological polar surface area (TPSA) is 84.0 Å². The van der Waals surface area contributed by atoms with E-state index in [1.54, 1.807) is 6.20 Å². The minimum atomic E-state index is -0.194. The standard InChI is InChI=1S/C16H21N5O2/c1-10-13(11(2)20-19-10)8-16(22)21-6-7-23-15(9-21)14-4-5-17-12(3)18-14/h4-5,15H,6-9H2,1-3H3,(H,19,20)/t15-/m0/s1. The molecule has 0 aromatic carbocycles. The average molecular weight is 315 g/mol. The molecule has 1 N–H and O–H groups in total. The minimum Gasteiger partial charge on any atom is -0.368 e. The highest BCUT2D eigenvalue weighted by Crippen LogP contribution is 2.21. The molecule has 0 radical (unpaired) electrons. The Morgan fingerprint density at radius 2 is 2.26 bits per heavy atom. The van der Waals surface area contributed by atoms with Gasteiger partial charge in [-0.1, -0.05) is 0 Å². The van der Waals surface area contributed by atoms with Crippen LogP contribution in [0.3, 0.4) is 0 Å². The Morgan fingerprint density at radius 3 is 2.96 bits per heavy atom. The predicted molar refractivity (Wildman–Crippen MR) is 83.8 cm³/mol. The predicted octanol–water partition coefficient (Wildman–Crippen LogP) is 1.27. The lowest BCUT2D eigenvalue weighted by Crippen LogP contribution is -2.43. The highest BCUT2D eigenvalue weighted by molar-refractivity contribution is 5.79. The number of hydrogen-bond acceptors (Lipinski definition) is 5. The molecule has 1 aliphatic heterocycles. The minimum absolute atomic E-state index is 0.0941. The lowest BCUT2D eigenvalue weighted by atomic mass is 10.1. The van der Waals surface area contributed by atoms with Gasteiger partial charge in [-0.3, -0.25) is 9.89 Å². The summed E-state index contributed by atoms with van der Waals surface area (Å²) in [6.45, 7) is 7.34. The number of aromatic nitrogens is 4. The molecule has 2 aromatic rings. The molecule has 0 aliphatic carbocycles. The second-order valence-corrected chi connectivity index (χ2v) is 5.82. The van der Waals surface area contributed by atoms with E-state index in [0.29, 0.717) is 31.9 Å². The highest BCUT2D eigenvalue weighted by Gasteiger charge is 2.27. The van der Waals surface area contributed by atoms with Crippen LogP contribution in [0.1, 0.15) is 34.6 Å². The van der Waals surface area contributed by atoms with Crippen molar-refractivity contribution in [2.45, 2.75) is 33.3 Å². The second kappa shape index (κ2) is 6.45. The van der Waals surface area contributed by atoms with Gasteiger partial charge in [-0.05, 0) is 26.8 Å². The Morgan fingerprint density at radius 1 is 1.43 bits per heavy atom. The van der Waals surface area contributed by atoms with Crippen molar-refractivity contribution in [3.63, 3.8) is 0 Å². The van der Waals surface area contributed by atoms with Crippen LogP contribution < -0.4 is 0 Å². The number of aromatic amines is 1. The Hall–Kier alpha value is -2.28. The number of H-pyrrole nitrogens is 1. The third-order valence-electron chi connectivity index (χ3n) is 4.16. The van der Waals surface area contributed by atoms with E-state index in [4.69, 9.17) is 4.74 Å². The van der Waals surface area contributed by atoms with Crippen LogP contribution in [0.5, 0.6) is 0 Å². The summed E-state index contributed by atoms with van der Waals surface area (Å²) in [6.07, 6.45) is 1.89. The normalized spacial score (nSPS) is 18.2. The Bertz CT molecular complexity index is 693. The first-order chi connectivity index (χ1) is 11.0. The Balaban J connectivity index is 1.70. The molecule has 1 saturated heterocycles. The van der Waals surface area contributed by atoms with Crippen molar-refractivity contribution in [3.05, 3.63) is 40.7 Å². The maximum absolute atomic E-state index is 12.6. The van der Waals surface area contributed by atoms with Crippen molar-refractivity contribution >= 4 is 5.91 Å². The molecule has 1 aliphatic rings. The first kappa shape index (κ1) is 15.6. The number of nitrogens with zero attached hydrogens (tertiary/aromatic N) is 4. The highest BCUT2D eigenvalue weighted by atomic mass is 16.5.